The molecule has 0 spiro atoms. The van der Waals surface area contributed by atoms with Crippen molar-refractivity contribution < 1.29 is 19.5 Å². The average molecular weight is 354 g/mol. The third-order valence-corrected chi connectivity index (χ3v) is 5.04. The summed E-state index contributed by atoms with van der Waals surface area (Å²) in [6.45, 7) is 2.89. The highest BCUT2D eigenvalue weighted by Crippen LogP contribution is 2.23. The van der Waals surface area contributed by atoms with Crippen LogP contribution in [-0.2, 0) is 14.4 Å². The molecule has 0 radical (unpaired) electrons. The maximum absolute atomic E-state index is 12.2. The van der Waals surface area contributed by atoms with Crippen LogP contribution in [0, 0.1) is 0 Å². The number of unbranched alkanes of at least 4 members (excludes halogenated alkanes) is 5. The molecule has 1 N–H and O–H groups in total. The molecule has 144 valence electrons. The normalized spacial score (nSPS) is 17.7. The predicted molar refractivity (Wildman–Crippen MR) is 98.5 cm³/mol. The summed E-state index contributed by atoms with van der Waals surface area (Å²) in [6.07, 6.45) is 11.6. The number of carboxylic acid groups (broad SMARTS) is 1. The third-order valence-electron chi connectivity index (χ3n) is 5.04. The summed E-state index contributed by atoms with van der Waals surface area (Å²) in [5, 5.41) is 8.63. The predicted octanol–water partition coefficient (Wildman–Crippen LogP) is 4.33. The van der Waals surface area contributed by atoms with E-state index in [9.17, 15) is 14.4 Å². The summed E-state index contributed by atoms with van der Waals surface area (Å²) in [6, 6.07) is 0.218. The Balaban J connectivity index is 2.29. The van der Waals surface area contributed by atoms with Gasteiger partial charge in [-0.25, -0.2) is 0 Å². The summed E-state index contributed by atoms with van der Waals surface area (Å²) in [7, 11) is 0. The summed E-state index contributed by atoms with van der Waals surface area (Å²) in [4.78, 5) is 36.7. The highest BCUT2D eigenvalue weighted by molar-refractivity contribution is 5.79. The van der Waals surface area contributed by atoms with Crippen molar-refractivity contribution in [2.45, 2.75) is 103 Å². The molecule has 0 saturated carbocycles. The number of carbonyl (C=O) groups excluding carboxylic acids is 2. The van der Waals surface area contributed by atoms with Crippen molar-refractivity contribution in [1.29, 1.82) is 0 Å². The molecule has 1 rings (SSSR count). The smallest absolute Gasteiger partial charge is 0.303 e. The number of carbonyl (C=O) groups is 3. The molecule has 5 heteroatoms. The van der Waals surface area contributed by atoms with E-state index in [1.165, 1.54) is 0 Å². The molecule has 1 aliphatic heterocycles. The minimum absolute atomic E-state index is 0.218. The number of hydrogen-bond acceptors (Lipinski definition) is 3. The molecule has 1 unspecified atom stereocenters. The maximum Gasteiger partial charge on any atom is 0.303 e. The molecule has 0 aromatic heterocycles. The first-order chi connectivity index (χ1) is 12.0. The molecule has 0 aromatic rings. The van der Waals surface area contributed by atoms with Crippen molar-refractivity contribution in [2.75, 3.05) is 6.54 Å². The monoisotopic (exact) mass is 353 g/mol. The quantitative estimate of drug-likeness (QED) is 0.472. The lowest BCUT2D eigenvalue weighted by molar-refractivity contribution is -0.137. The van der Waals surface area contributed by atoms with Gasteiger partial charge in [0.15, 0.2) is 0 Å². The molecule has 25 heavy (non-hydrogen) atoms. The number of hydrogen-bond donors (Lipinski definition) is 1. The third kappa shape index (κ3) is 9.61. The topological polar surface area (TPSA) is 74.7 Å². The van der Waals surface area contributed by atoms with Crippen LogP contribution in [0.2, 0.25) is 0 Å². The van der Waals surface area contributed by atoms with Gasteiger partial charge in [-0.2, -0.15) is 0 Å². The van der Waals surface area contributed by atoms with Gasteiger partial charge in [-0.05, 0) is 38.5 Å². The maximum atomic E-state index is 12.2. The molecule has 0 aliphatic carbocycles. The Labute approximate surface area is 152 Å². The van der Waals surface area contributed by atoms with Crippen LogP contribution in [0.3, 0.4) is 0 Å². The minimum Gasteiger partial charge on any atom is -0.481 e. The zero-order valence-electron chi connectivity index (χ0n) is 15.8. The first kappa shape index (κ1) is 21.7. The summed E-state index contributed by atoms with van der Waals surface area (Å²) in [5.74, 6) is -0.185. The molecule has 1 amide bonds. The fourth-order valence-electron chi connectivity index (χ4n) is 3.54. The van der Waals surface area contributed by atoms with Gasteiger partial charge in [0.05, 0.1) is 0 Å². The number of ketones is 1. The van der Waals surface area contributed by atoms with E-state index in [-0.39, 0.29) is 18.4 Å². The number of carboxylic acids is 1. The van der Waals surface area contributed by atoms with Crippen LogP contribution in [0.4, 0.5) is 0 Å². The minimum atomic E-state index is -0.741. The summed E-state index contributed by atoms with van der Waals surface area (Å²) >= 11 is 0. The van der Waals surface area contributed by atoms with Gasteiger partial charge in [0.2, 0.25) is 5.91 Å². The Morgan fingerprint density at radius 2 is 1.76 bits per heavy atom. The Hall–Kier alpha value is -1.39. The van der Waals surface area contributed by atoms with Gasteiger partial charge < -0.3 is 10.0 Å². The molecule has 1 saturated heterocycles. The lowest BCUT2D eigenvalue weighted by atomic mass is 9.95. The number of likely N-dealkylation sites (tertiary alicyclic amines) is 1. The van der Waals surface area contributed by atoms with Gasteiger partial charge in [0.25, 0.3) is 0 Å². The molecule has 1 fully saturated rings. The van der Waals surface area contributed by atoms with Crippen molar-refractivity contribution >= 4 is 17.7 Å². The van der Waals surface area contributed by atoms with Gasteiger partial charge in [-0.1, -0.05) is 32.6 Å². The zero-order chi connectivity index (χ0) is 18.5. The lowest BCUT2D eigenvalue weighted by Crippen LogP contribution is -2.44. The molecule has 1 atom stereocenters. The fraction of sp³-hybridized carbons (Fsp3) is 0.850. The second-order valence-corrected chi connectivity index (χ2v) is 7.23. The van der Waals surface area contributed by atoms with Gasteiger partial charge in [-0.15, -0.1) is 0 Å². The van der Waals surface area contributed by atoms with Crippen molar-refractivity contribution in [2.24, 2.45) is 0 Å². The van der Waals surface area contributed by atoms with E-state index >= 15 is 0 Å². The Morgan fingerprint density at radius 3 is 2.48 bits per heavy atom. The van der Waals surface area contributed by atoms with Crippen LogP contribution in [0.1, 0.15) is 96.8 Å². The largest absolute Gasteiger partial charge is 0.481 e. The average Bonchev–Trinajstić information content (AvgIpc) is 2.57. The summed E-state index contributed by atoms with van der Waals surface area (Å²) < 4.78 is 0. The fourth-order valence-corrected chi connectivity index (χ4v) is 3.54. The first-order valence-electron chi connectivity index (χ1n) is 10.1. The van der Waals surface area contributed by atoms with Crippen molar-refractivity contribution in [3.63, 3.8) is 0 Å². The molecule has 1 heterocycles. The highest BCUT2D eigenvalue weighted by Gasteiger charge is 2.27. The van der Waals surface area contributed by atoms with E-state index < -0.39 is 5.97 Å². The second-order valence-electron chi connectivity index (χ2n) is 7.23. The van der Waals surface area contributed by atoms with Crippen molar-refractivity contribution in [1.82, 2.24) is 4.90 Å². The summed E-state index contributed by atoms with van der Waals surface area (Å²) in [5.41, 5.74) is 0. The molecule has 0 aromatic carbocycles. The number of aliphatic carboxylic acids is 1. The number of nitrogens with zero attached hydrogens (tertiary/aromatic N) is 1. The molecular weight excluding hydrogens is 318 g/mol. The first-order valence-corrected chi connectivity index (χ1v) is 10.1. The number of amides is 1. The number of piperidine rings is 1. The van der Waals surface area contributed by atoms with Crippen LogP contribution in [0.5, 0.6) is 0 Å². The van der Waals surface area contributed by atoms with Gasteiger partial charge >= 0.3 is 5.97 Å². The molecule has 5 nitrogen and oxygen atoms in total. The van der Waals surface area contributed by atoms with Gasteiger partial charge in [-0.3, -0.25) is 14.4 Å². The van der Waals surface area contributed by atoms with E-state index in [0.29, 0.717) is 31.5 Å². The highest BCUT2D eigenvalue weighted by atomic mass is 16.4. The van der Waals surface area contributed by atoms with Crippen molar-refractivity contribution in [3.8, 4) is 0 Å². The molecule has 1 aliphatic rings. The SMILES string of the molecule is CCCCCC(=O)CCC1CCCC(=O)N1CCCCCCC(=O)O. The van der Waals surface area contributed by atoms with E-state index in [4.69, 9.17) is 5.11 Å². The van der Waals surface area contributed by atoms with E-state index in [2.05, 4.69) is 6.92 Å². The Morgan fingerprint density at radius 1 is 1.04 bits per heavy atom. The molecular formula is C20H35NO4. The standard InChI is InChI=1S/C20H35NO4/c1-2-3-6-11-18(22)15-14-17-10-9-12-19(23)21(17)16-8-5-4-7-13-20(24)25/h17H,2-16H2,1H3,(H,24,25). The zero-order valence-corrected chi connectivity index (χ0v) is 15.8. The van der Waals surface area contributed by atoms with Gasteiger partial charge in [0.1, 0.15) is 5.78 Å². The van der Waals surface area contributed by atoms with Crippen molar-refractivity contribution in [3.05, 3.63) is 0 Å². The van der Waals surface area contributed by atoms with Crippen LogP contribution < -0.4 is 0 Å². The number of rotatable bonds is 14. The van der Waals surface area contributed by atoms with E-state index in [1.54, 1.807) is 0 Å². The van der Waals surface area contributed by atoms with Gasteiger partial charge in [0, 0.05) is 38.3 Å². The molecule has 0 bridgehead atoms. The Kier molecular flexibility index (Phi) is 11.2. The van der Waals surface area contributed by atoms with Crippen LogP contribution in [0.25, 0.3) is 0 Å². The lowest BCUT2D eigenvalue weighted by Gasteiger charge is -2.36. The van der Waals surface area contributed by atoms with E-state index in [1.807, 2.05) is 4.90 Å². The number of Topliss-reactive ketones (excluding diaryl/α,β-unsaturated/α-hetero) is 1. The Bertz CT molecular complexity index is 422. The second kappa shape index (κ2) is 12.9. The van der Waals surface area contributed by atoms with Crippen LogP contribution in [0.15, 0.2) is 0 Å². The van der Waals surface area contributed by atoms with Crippen LogP contribution >= 0.6 is 0 Å². The van der Waals surface area contributed by atoms with E-state index in [0.717, 1.165) is 64.3 Å². The van der Waals surface area contributed by atoms with Crippen LogP contribution in [-0.4, -0.2) is 40.3 Å².